The fourth-order valence-corrected chi connectivity index (χ4v) is 9.91. The summed E-state index contributed by atoms with van der Waals surface area (Å²) in [5, 5.41) is 3.06. The number of carbonyl (C=O) groups is 2. The minimum Gasteiger partial charge on any atom is -0.456 e. The van der Waals surface area contributed by atoms with Gasteiger partial charge in [-0.15, -0.1) is 0 Å². The molecule has 10 heteroatoms. The number of hydrogen-bond donors (Lipinski definition) is 2. The number of phosphoric ester groups is 1. The van der Waals surface area contributed by atoms with Gasteiger partial charge in [-0.1, -0.05) is 260 Å². The maximum Gasteiger partial charge on any atom is 0.472 e. The topological polar surface area (TPSA) is 111 Å². The van der Waals surface area contributed by atoms with Crippen molar-refractivity contribution in [2.24, 2.45) is 0 Å². The van der Waals surface area contributed by atoms with E-state index in [2.05, 4.69) is 111 Å². The summed E-state index contributed by atoms with van der Waals surface area (Å²) in [5.41, 5.74) is 0. The van der Waals surface area contributed by atoms with Crippen molar-refractivity contribution in [3.05, 3.63) is 97.2 Å². The highest BCUT2D eigenvalue weighted by Crippen LogP contribution is 2.43. The van der Waals surface area contributed by atoms with Crippen LogP contribution in [0, 0.1) is 0 Å². The summed E-state index contributed by atoms with van der Waals surface area (Å²) in [4.78, 5) is 37.8. The first-order valence-electron chi connectivity index (χ1n) is 33.1. The molecule has 0 fully saturated rings. The summed E-state index contributed by atoms with van der Waals surface area (Å²) in [6.07, 6.45) is 79.7. The Morgan fingerprint density at radius 1 is 0.450 bits per heavy atom. The zero-order valence-corrected chi connectivity index (χ0v) is 53.7. The van der Waals surface area contributed by atoms with Crippen LogP contribution in [0.4, 0.5) is 0 Å². The quantitative estimate of drug-likeness (QED) is 0.0205. The number of hydrogen-bond acceptors (Lipinski definition) is 6. The monoisotopic (exact) mass is 1140 g/mol. The van der Waals surface area contributed by atoms with Crippen LogP contribution in [-0.4, -0.2) is 74.3 Å². The molecule has 0 saturated carbocycles. The van der Waals surface area contributed by atoms with E-state index in [0.717, 1.165) is 109 Å². The number of allylic oxidation sites excluding steroid dienone is 15. The molecule has 0 aliphatic heterocycles. The van der Waals surface area contributed by atoms with Crippen LogP contribution in [0.2, 0.25) is 0 Å². The van der Waals surface area contributed by atoms with Crippen molar-refractivity contribution in [2.45, 2.75) is 296 Å². The third-order valence-electron chi connectivity index (χ3n) is 14.3. The van der Waals surface area contributed by atoms with E-state index in [9.17, 15) is 19.0 Å². The Kier molecular flexibility index (Phi) is 56.8. The predicted octanol–water partition coefficient (Wildman–Crippen LogP) is 20.7. The van der Waals surface area contributed by atoms with Crippen LogP contribution in [0.25, 0.3) is 0 Å². The summed E-state index contributed by atoms with van der Waals surface area (Å²) in [5.74, 6) is -0.522. The van der Waals surface area contributed by atoms with Gasteiger partial charge in [-0.25, -0.2) is 4.57 Å². The Bertz CT molecular complexity index is 1690. The molecule has 9 nitrogen and oxygen atoms in total. The Morgan fingerprint density at radius 2 is 0.800 bits per heavy atom. The molecule has 3 unspecified atom stereocenters. The largest absolute Gasteiger partial charge is 0.472 e. The van der Waals surface area contributed by atoms with Crippen molar-refractivity contribution in [2.75, 3.05) is 40.9 Å². The van der Waals surface area contributed by atoms with E-state index in [4.69, 9.17) is 13.8 Å². The second-order valence-corrected chi connectivity index (χ2v) is 24.7. The van der Waals surface area contributed by atoms with Gasteiger partial charge < -0.3 is 19.4 Å². The zero-order chi connectivity index (χ0) is 58.6. The van der Waals surface area contributed by atoms with Gasteiger partial charge in [-0.2, -0.15) is 0 Å². The minimum atomic E-state index is -4.46. The van der Waals surface area contributed by atoms with Gasteiger partial charge in [-0.3, -0.25) is 18.6 Å². The molecule has 462 valence electrons. The summed E-state index contributed by atoms with van der Waals surface area (Å²) >= 11 is 0. The molecule has 0 aromatic carbocycles. The molecule has 0 bridgehead atoms. The number of ether oxygens (including phenoxy) is 1. The average molecular weight is 1140 g/mol. The summed E-state index contributed by atoms with van der Waals surface area (Å²) in [7, 11) is 1.48. The number of esters is 1. The Hall–Kier alpha value is -3.07. The van der Waals surface area contributed by atoms with Crippen molar-refractivity contribution in [1.82, 2.24) is 5.32 Å². The van der Waals surface area contributed by atoms with Crippen LogP contribution in [0.15, 0.2) is 97.2 Å². The maximum atomic E-state index is 13.6. The van der Waals surface area contributed by atoms with Gasteiger partial charge in [0, 0.05) is 12.8 Å². The molecular formula is C70H126N2O7P+. The lowest BCUT2D eigenvalue weighted by Crippen LogP contribution is -2.47. The molecular weight excluding hydrogens is 1010 g/mol. The average Bonchev–Trinajstić information content (AvgIpc) is 3.42. The molecule has 0 rings (SSSR count). The van der Waals surface area contributed by atoms with Crippen molar-refractivity contribution < 1.29 is 37.3 Å². The second-order valence-electron chi connectivity index (χ2n) is 23.3. The normalized spacial score (nSPS) is 14.2. The highest BCUT2D eigenvalue weighted by Gasteiger charge is 2.30. The molecule has 0 aliphatic carbocycles. The number of likely N-dealkylation sites (N-methyl/N-ethyl adjacent to an activating group) is 1. The van der Waals surface area contributed by atoms with Gasteiger partial charge in [0.05, 0.1) is 33.8 Å². The highest BCUT2D eigenvalue weighted by molar-refractivity contribution is 7.47. The minimum absolute atomic E-state index is 0.0331. The van der Waals surface area contributed by atoms with E-state index in [-0.39, 0.29) is 31.5 Å². The first-order valence-corrected chi connectivity index (χ1v) is 34.6. The number of quaternary nitrogens is 1. The molecule has 0 radical (unpaired) electrons. The molecule has 80 heavy (non-hydrogen) atoms. The fourth-order valence-electron chi connectivity index (χ4n) is 9.17. The number of nitrogens with one attached hydrogen (secondary N) is 1. The third kappa shape index (κ3) is 59.5. The van der Waals surface area contributed by atoms with Crippen LogP contribution in [-0.2, 0) is 27.9 Å². The number of unbranched alkanes of at least 4 members (excludes halogenated alkanes) is 29. The molecule has 0 aromatic rings. The SMILES string of the molecule is CC/C=C\C/C=C\C/C=C\C/C=C\C/C=C\CCCCCCCCCC(=O)NC(COP(=O)(O)OCC[N+](C)(C)C)C(/C=C\CCCCCCCCCCCC)OC(=O)CCCCCCCCCCC/C=C\C/C=C\CCCCC. The third-order valence-corrected chi connectivity index (χ3v) is 15.2. The van der Waals surface area contributed by atoms with Crippen LogP contribution in [0.3, 0.4) is 0 Å². The molecule has 2 N–H and O–H groups in total. The Morgan fingerprint density at radius 3 is 1.23 bits per heavy atom. The van der Waals surface area contributed by atoms with E-state index < -0.39 is 20.0 Å². The fraction of sp³-hybridized carbons (Fsp3) is 0.743. The molecule has 0 aliphatic rings. The Labute approximate surface area is 494 Å². The van der Waals surface area contributed by atoms with Crippen LogP contribution in [0.1, 0.15) is 284 Å². The molecule has 1 amide bonds. The lowest BCUT2D eigenvalue weighted by Gasteiger charge is -2.27. The molecule has 3 atom stereocenters. The number of rotatable bonds is 59. The van der Waals surface area contributed by atoms with Crippen LogP contribution >= 0.6 is 7.82 Å². The van der Waals surface area contributed by atoms with E-state index in [1.807, 2.05) is 33.3 Å². The maximum absolute atomic E-state index is 13.6. The molecule has 0 saturated heterocycles. The van der Waals surface area contributed by atoms with Gasteiger partial charge in [0.1, 0.15) is 19.3 Å². The summed E-state index contributed by atoms with van der Waals surface area (Å²) in [6.45, 7) is 6.87. The molecule has 0 aromatic heterocycles. The molecule has 0 spiro atoms. The number of phosphoric acid groups is 1. The smallest absolute Gasteiger partial charge is 0.456 e. The van der Waals surface area contributed by atoms with E-state index in [0.29, 0.717) is 17.4 Å². The van der Waals surface area contributed by atoms with Crippen molar-refractivity contribution in [3.8, 4) is 0 Å². The summed E-state index contributed by atoms with van der Waals surface area (Å²) < 4.78 is 30.8. The van der Waals surface area contributed by atoms with Gasteiger partial charge in [0.15, 0.2) is 0 Å². The van der Waals surface area contributed by atoms with Crippen molar-refractivity contribution in [1.29, 1.82) is 0 Å². The van der Waals surface area contributed by atoms with Gasteiger partial charge in [0.25, 0.3) is 0 Å². The highest BCUT2D eigenvalue weighted by atomic mass is 31.2. The second kappa shape index (κ2) is 59.1. The van der Waals surface area contributed by atoms with E-state index in [1.165, 1.54) is 141 Å². The standard InChI is InChI=1S/C70H125N2O7P/c1-7-10-13-16-19-22-25-28-30-32-34-35-36-37-39-40-42-44-47-50-53-56-59-62-69(73)71-67(66-78-80(75,76)77-65-64-72(4,5)6)68(61-58-55-52-49-46-27-24-21-18-15-12-9-3)79-70(74)63-60-57-54-51-48-45-43-41-38-33-31-29-26-23-20-17-14-11-8-2/h10,13,19-20,22-23,28-31,34-35,37,39,58,61,67-68H,7-9,11-12,14-18,21,24-27,32-33,36,38,40-57,59-60,62-66H2,1-6H3,(H-,71,73,75,76)/p+1/b13-10-,22-19-,23-20-,30-28-,31-29-,35-34-,39-37-,61-58-. The first-order chi connectivity index (χ1) is 38.9. The van der Waals surface area contributed by atoms with Crippen LogP contribution < -0.4 is 5.32 Å². The van der Waals surface area contributed by atoms with Crippen molar-refractivity contribution in [3.63, 3.8) is 0 Å². The first kappa shape index (κ1) is 76.9. The lowest BCUT2D eigenvalue weighted by atomic mass is 10.0. The van der Waals surface area contributed by atoms with E-state index in [1.54, 1.807) is 0 Å². The van der Waals surface area contributed by atoms with Gasteiger partial charge in [-0.05, 0) is 109 Å². The number of carbonyl (C=O) groups excluding carboxylic acids is 2. The lowest BCUT2D eigenvalue weighted by molar-refractivity contribution is -0.870. The van der Waals surface area contributed by atoms with Crippen LogP contribution in [0.5, 0.6) is 0 Å². The number of nitrogens with zero attached hydrogens (tertiary/aromatic N) is 1. The van der Waals surface area contributed by atoms with Gasteiger partial charge >= 0.3 is 13.8 Å². The number of amides is 1. The zero-order valence-electron chi connectivity index (χ0n) is 52.8. The van der Waals surface area contributed by atoms with Gasteiger partial charge in [0.2, 0.25) is 5.91 Å². The predicted molar refractivity (Wildman–Crippen MR) is 346 cm³/mol. The molecule has 0 heterocycles. The van der Waals surface area contributed by atoms with E-state index >= 15 is 0 Å². The van der Waals surface area contributed by atoms with Crippen molar-refractivity contribution >= 4 is 19.7 Å². The Balaban J connectivity index is 5.21. The summed E-state index contributed by atoms with van der Waals surface area (Å²) in [6, 6.07) is -0.862.